The molecule has 3 atom stereocenters. The zero-order chi connectivity index (χ0) is 13.2. The quantitative estimate of drug-likeness (QED) is 0.792. The molecule has 2 fully saturated rings. The monoisotopic (exact) mass is 253 g/mol. The molecule has 0 saturated carbocycles. The highest BCUT2D eigenvalue weighted by atomic mass is 16.2. The summed E-state index contributed by atoms with van der Waals surface area (Å²) in [5.41, 5.74) is -0.285. The van der Waals surface area contributed by atoms with Gasteiger partial charge in [-0.25, -0.2) is 0 Å². The number of hydrogen-bond acceptors (Lipinski definition) is 3. The first-order valence-corrected chi connectivity index (χ1v) is 7.33. The van der Waals surface area contributed by atoms with Crippen LogP contribution in [0.1, 0.15) is 46.0 Å². The van der Waals surface area contributed by atoms with Gasteiger partial charge in [-0.1, -0.05) is 6.92 Å². The van der Waals surface area contributed by atoms with Crippen molar-refractivity contribution >= 4 is 5.91 Å². The van der Waals surface area contributed by atoms with E-state index in [2.05, 4.69) is 36.4 Å². The molecule has 1 amide bonds. The predicted octanol–water partition coefficient (Wildman–Crippen LogP) is 1.12. The van der Waals surface area contributed by atoms with Crippen molar-refractivity contribution in [1.82, 2.24) is 15.5 Å². The molecule has 0 aromatic rings. The molecular weight excluding hydrogens is 226 g/mol. The number of nitrogens with one attached hydrogen (secondary N) is 2. The van der Waals surface area contributed by atoms with Crippen molar-refractivity contribution in [2.45, 2.75) is 63.6 Å². The minimum absolute atomic E-state index is 0.226. The summed E-state index contributed by atoms with van der Waals surface area (Å²) in [6, 6.07) is 0.924. The summed E-state index contributed by atoms with van der Waals surface area (Å²) in [6.45, 7) is 6.40. The van der Waals surface area contributed by atoms with Gasteiger partial charge in [-0.3, -0.25) is 4.79 Å². The Morgan fingerprint density at radius 3 is 2.89 bits per heavy atom. The van der Waals surface area contributed by atoms with Gasteiger partial charge in [-0.15, -0.1) is 0 Å². The van der Waals surface area contributed by atoms with E-state index in [1.807, 2.05) is 0 Å². The van der Waals surface area contributed by atoms with Crippen molar-refractivity contribution in [3.8, 4) is 0 Å². The molecule has 4 heteroatoms. The van der Waals surface area contributed by atoms with Gasteiger partial charge in [0.2, 0.25) is 5.91 Å². The van der Waals surface area contributed by atoms with Crippen molar-refractivity contribution in [3.63, 3.8) is 0 Å². The zero-order valence-electron chi connectivity index (χ0n) is 12.0. The van der Waals surface area contributed by atoms with E-state index < -0.39 is 0 Å². The second kappa shape index (κ2) is 5.57. The molecule has 2 N–H and O–H groups in total. The topological polar surface area (TPSA) is 44.4 Å². The largest absolute Gasteiger partial charge is 0.352 e. The molecule has 0 aromatic heterocycles. The summed E-state index contributed by atoms with van der Waals surface area (Å²) < 4.78 is 0. The van der Waals surface area contributed by atoms with Crippen LogP contribution in [0, 0.1) is 0 Å². The first-order valence-electron chi connectivity index (χ1n) is 7.33. The predicted molar refractivity (Wildman–Crippen MR) is 73.5 cm³/mol. The standard InChI is InChI=1S/C14H27N3O/c1-4-14(7-5-8-15-14)13(18)16-12-6-9-17(3)11(2)10-12/h11-12,15H,4-10H2,1-3H3,(H,16,18). The molecule has 18 heavy (non-hydrogen) atoms. The average Bonchev–Trinajstić information content (AvgIpc) is 2.84. The van der Waals surface area contributed by atoms with Crippen molar-refractivity contribution in [1.29, 1.82) is 0 Å². The van der Waals surface area contributed by atoms with Gasteiger partial charge in [0, 0.05) is 18.6 Å². The van der Waals surface area contributed by atoms with Gasteiger partial charge in [0.15, 0.2) is 0 Å². The van der Waals surface area contributed by atoms with Crippen LogP contribution in [-0.2, 0) is 4.79 Å². The third-order valence-electron chi connectivity index (χ3n) is 4.83. The fourth-order valence-electron chi connectivity index (χ4n) is 3.21. The normalized spacial score (nSPS) is 37.7. The van der Waals surface area contributed by atoms with E-state index in [4.69, 9.17) is 0 Å². The maximum atomic E-state index is 12.5. The SMILES string of the molecule is CCC1(C(=O)NC2CCN(C)C(C)C2)CCCN1. The molecule has 0 aliphatic carbocycles. The summed E-state index contributed by atoms with van der Waals surface area (Å²) in [4.78, 5) is 14.8. The Labute approximate surface area is 110 Å². The lowest BCUT2D eigenvalue weighted by Crippen LogP contribution is -2.57. The fourth-order valence-corrected chi connectivity index (χ4v) is 3.21. The van der Waals surface area contributed by atoms with Crippen molar-refractivity contribution < 1.29 is 4.79 Å². The molecule has 0 radical (unpaired) electrons. The molecule has 2 saturated heterocycles. The van der Waals surface area contributed by atoms with Crippen molar-refractivity contribution in [2.24, 2.45) is 0 Å². The first kappa shape index (κ1) is 13.8. The molecule has 4 nitrogen and oxygen atoms in total. The average molecular weight is 253 g/mol. The highest BCUT2D eigenvalue weighted by Crippen LogP contribution is 2.24. The van der Waals surface area contributed by atoms with Crippen LogP contribution in [-0.4, -0.2) is 48.6 Å². The molecule has 104 valence electrons. The van der Waals surface area contributed by atoms with E-state index in [0.717, 1.165) is 45.2 Å². The Bertz CT molecular complexity index is 299. The number of hydrogen-bond donors (Lipinski definition) is 2. The van der Waals surface area contributed by atoms with E-state index in [1.165, 1.54) is 0 Å². The number of carbonyl (C=O) groups is 1. The maximum Gasteiger partial charge on any atom is 0.240 e. The van der Waals surface area contributed by atoms with Gasteiger partial charge in [-0.05, 0) is 52.6 Å². The summed E-state index contributed by atoms with van der Waals surface area (Å²) in [5.74, 6) is 0.226. The van der Waals surface area contributed by atoms with Crippen LogP contribution >= 0.6 is 0 Å². The highest BCUT2D eigenvalue weighted by Gasteiger charge is 2.40. The van der Waals surface area contributed by atoms with Gasteiger partial charge >= 0.3 is 0 Å². The Kier molecular flexibility index (Phi) is 4.28. The minimum Gasteiger partial charge on any atom is -0.352 e. The molecular formula is C14H27N3O. The molecule has 0 aromatic carbocycles. The summed E-state index contributed by atoms with van der Waals surface area (Å²) in [5, 5.41) is 6.68. The summed E-state index contributed by atoms with van der Waals surface area (Å²) >= 11 is 0. The molecule has 0 bridgehead atoms. The van der Waals surface area contributed by atoms with Crippen LogP contribution in [0.2, 0.25) is 0 Å². The molecule has 2 rings (SSSR count). The second-order valence-corrected chi connectivity index (χ2v) is 5.99. The number of rotatable bonds is 3. The number of amides is 1. The van der Waals surface area contributed by atoms with Crippen LogP contribution in [0.3, 0.4) is 0 Å². The lowest BCUT2D eigenvalue weighted by atomic mass is 9.91. The number of nitrogens with zero attached hydrogens (tertiary/aromatic N) is 1. The third kappa shape index (κ3) is 2.69. The second-order valence-electron chi connectivity index (χ2n) is 5.99. The zero-order valence-corrected chi connectivity index (χ0v) is 12.0. The Hall–Kier alpha value is -0.610. The van der Waals surface area contributed by atoms with Crippen LogP contribution in [0.5, 0.6) is 0 Å². The Morgan fingerprint density at radius 2 is 2.33 bits per heavy atom. The maximum absolute atomic E-state index is 12.5. The lowest BCUT2D eigenvalue weighted by molar-refractivity contribution is -0.128. The molecule has 2 aliphatic heterocycles. The Balaban J connectivity index is 1.91. The molecule has 3 unspecified atom stereocenters. The van der Waals surface area contributed by atoms with E-state index in [-0.39, 0.29) is 11.4 Å². The van der Waals surface area contributed by atoms with Gasteiger partial charge < -0.3 is 15.5 Å². The summed E-state index contributed by atoms with van der Waals surface area (Å²) in [7, 11) is 2.16. The number of piperidine rings is 1. The van der Waals surface area contributed by atoms with E-state index >= 15 is 0 Å². The van der Waals surface area contributed by atoms with E-state index in [9.17, 15) is 4.79 Å². The van der Waals surface area contributed by atoms with Crippen LogP contribution < -0.4 is 10.6 Å². The molecule has 0 spiro atoms. The van der Waals surface area contributed by atoms with Gasteiger partial charge in [0.25, 0.3) is 0 Å². The van der Waals surface area contributed by atoms with Crippen LogP contribution in [0.4, 0.5) is 0 Å². The summed E-state index contributed by atoms with van der Waals surface area (Å²) in [6.07, 6.45) is 5.14. The smallest absolute Gasteiger partial charge is 0.240 e. The van der Waals surface area contributed by atoms with E-state index in [1.54, 1.807) is 0 Å². The highest BCUT2D eigenvalue weighted by molar-refractivity contribution is 5.86. The van der Waals surface area contributed by atoms with Crippen LogP contribution in [0.25, 0.3) is 0 Å². The van der Waals surface area contributed by atoms with Crippen molar-refractivity contribution in [2.75, 3.05) is 20.1 Å². The van der Waals surface area contributed by atoms with E-state index in [0.29, 0.717) is 12.1 Å². The van der Waals surface area contributed by atoms with Gasteiger partial charge in [0.05, 0.1) is 5.54 Å². The minimum atomic E-state index is -0.285. The van der Waals surface area contributed by atoms with Crippen molar-refractivity contribution in [3.05, 3.63) is 0 Å². The number of likely N-dealkylation sites (tertiary alicyclic amines) is 1. The molecule has 2 heterocycles. The Morgan fingerprint density at radius 1 is 1.56 bits per heavy atom. The van der Waals surface area contributed by atoms with Gasteiger partial charge in [-0.2, -0.15) is 0 Å². The molecule has 2 aliphatic rings. The fraction of sp³-hybridized carbons (Fsp3) is 0.929. The first-order chi connectivity index (χ1) is 8.57. The number of carbonyl (C=O) groups excluding carboxylic acids is 1. The van der Waals surface area contributed by atoms with Gasteiger partial charge in [0.1, 0.15) is 0 Å². The third-order valence-corrected chi connectivity index (χ3v) is 4.83. The van der Waals surface area contributed by atoms with Crippen LogP contribution in [0.15, 0.2) is 0 Å². The lowest BCUT2D eigenvalue weighted by Gasteiger charge is -2.37.